The third-order valence-corrected chi connectivity index (χ3v) is 4.90. The van der Waals surface area contributed by atoms with E-state index >= 15 is 0 Å². The van der Waals surface area contributed by atoms with E-state index in [1.807, 2.05) is 38.4 Å². The van der Waals surface area contributed by atoms with Crippen LogP contribution in [0.3, 0.4) is 0 Å². The number of carbonyl (C=O) groups is 1. The van der Waals surface area contributed by atoms with E-state index in [9.17, 15) is 4.79 Å². The number of benzene rings is 1. The SMILES string of the molecule is COC1(C(=O)NCC(c2ccccc2Cl)N(C)C)CCNCC1.Cl.Cl. The number of nitrogens with one attached hydrogen (secondary N) is 2. The van der Waals surface area contributed by atoms with Crippen LogP contribution in [0.2, 0.25) is 5.02 Å². The summed E-state index contributed by atoms with van der Waals surface area (Å²) in [6.07, 6.45) is 1.38. The van der Waals surface area contributed by atoms with Gasteiger partial charge in [0.25, 0.3) is 5.91 Å². The molecule has 1 fully saturated rings. The molecule has 2 N–H and O–H groups in total. The average molecular weight is 413 g/mol. The number of halogens is 3. The topological polar surface area (TPSA) is 53.6 Å². The van der Waals surface area contributed by atoms with E-state index in [2.05, 4.69) is 15.5 Å². The van der Waals surface area contributed by atoms with Crippen LogP contribution in [-0.2, 0) is 9.53 Å². The van der Waals surface area contributed by atoms with Gasteiger partial charge in [0.2, 0.25) is 0 Å². The van der Waals surface area contributed by atoms with Crippen molar-refractivity contribution in [1.82, 2.24) is 15.5 Å². The van der Waals surface area contributed by atoms with Crippen LogP contribution in [0.15, 0.2) is 24.3 Å². The molecule has 1 heterocycles. The Balaban J connectivity index is 0.00000288. The van der Waals surface area contributed by atoms with Gasteiger partial charge in [-0.15, -0.1) is 24.8 Å². The third-order valence-electron chi connectivity index (χ3n) is 4.56. The summed E-state index contributed by atoms with van der Waals surface area (Å²) in [5, 5.41) is 7.03. The predicted octanol–water partition coefficient (Wildman–Crippen LogP) is 2.67. The lowest BCUT2D eigenvalue weighted by molar-refractivity contribution is -0.146. The van der Waals surface area contributed by atoms with Crippen LogP contribution >= 0.6 is 36.4 Å². The Morgan fingerprint density at radius 3 is 2.44 bits per heavy atom. The Bertz CT molecular complexity index is 538. The lowest BCUT2D eigenvalue weighted by atomic mass is 9.91. The summed E-state index contributed by atoms with van der Waals surface area (Å²) in [7, 11) is 5.58. The van der Waals surface area contributed by atoms with Crippen LogP contribution in [0.25, 0.3) is 0 Å². The highest BCUT2D eigenvalue weighted by Crippen LogP contribution is 2.27. The third kappa shape index (κ3) is 5.98. The molecule has 1 aromatic rings. The Morgan fingerprint density at radius 2 is 1.92 bits per heavy atom. The van der Waals surface area contributed by atoms with Crippen LogP contribution in [0.1, 0.15) is 24.4 Å². The number of carbonyl (C=O) groups excluding carboxylic acids is 1. The Labute approximate surface area is 167 Å². The van der Waals surface area contributed by atoms with Crippen molar-refractivity contribution < 1.29 is 9.53 Å². The zero-order valence-electron chi connectivity index (χ0n) is 14.9. The quantitative estimate of drug-likeness (QED) is 0.754. The molecule has 1 amide bonds. The van der Waals surface area contributed by atoms with Crippen LogP contribution in [0.4, 0.5) is 0 Å². The summed E-state index contributed by atoms with van der Waals surface area (Å²) in [5.41, 5.74) is 0.291. The van der Waals surface area contributed by atoms with Gasteiger partial charge in [0.15, 0.2) is 0 Å². The van der Waals surface area contributed by atoms with Crippen molar-refractivity contribution in [1.29, 1.82) is 0 Å². The van der Waals surface area contributed by atoms with Gasteiger partial charge in [0.1, 0.15) is 5.60 Å². The van der Waals surface area contributed by atoms with Crippen LogP contribution < -0.4 is 10.6 Å². The lowest BCUT2D eigenvalue weighted by Gasteiger charge is -2.35. The number of likely N-dealkylation sites (N-methyl/N-ethyl adjacent to an activating group) is 1. The fraction of sp³-hybridized carbons (Fsp3) is 0.588. The summed E-state index contributed by atoms with van der Waals surface area (Å²) >= 11 is 6.31. The van der Waals surface area contributed by atoms with Gasteiger partial charge >= 0.3 is 0 Å². The summed E-state index contributed by atoms with van der Waals surface area (Å²) in [6.45, 7) is 2.08. The molecule has 1 unspecified atom stereocenters. The number of amides is 1. The number of hydrogen-bond donors (Lipinski definition) is 2. The molecule has 144 valence electrons. The molecule has 2 rings (SSSR count). The van der Waals surface area contributed by atoms with E-state index in [0.717, 1.165) is 18.7 Å². The predicted molar refractivity (Wildman–Crippen MR) is 107 cm³/mol. The second-order valence-corrected chi connectivity index (χ2v) is 6.57. The molecule has 0 radical (unpaired) electrons. The first-order valence-corrected chi connectivity index (χ1v) is 8.33. The van der Waals surface area contributed by atoms with Crippen molar-refractivity contribution in [2.45, 2.75) is 24.5 Å². The maximum Gasteiger partial charge on any atom is 0.252 e. The zero-order valence-corrected chi connectivity index (χ0v) is 17.3. The minimum atomic E-state index is -0.720. The highest BCUT2D eigenvalue weighted by Gasteiger charge is 2.39. The summed E-state index contributed by atoms with van der Waals surface area (Å²) in [4.78, 5) is 14.7. The normalized spacial score (nSPS) is 17.2. The Hall–Kier alpha value is -0.560. The van der Waals surface area contributed by atoms with Crippen molar-refractivity contribution in [3.05, 3.63) is 34.9 Å². The van der Waals surface area contributed by atoms with Crippen molar-refractivity contribution >= 4 is 42.3 Å². The van der Waals surface area contributed by atoms with E-state index < -0.39 is 5.60 Å². The van der Waals surface area contributed by atoms with Crippen molar-refractivity contribution in [3.63, 3.8) is 0 Å². The number of piperidine rings is 1. The largest absolute Gasteiger partial charge is 0.368 e. The van der Waals surface area contributed by atoms with Gasteiger partial charge in [-0.1, -0.05) is 29.8 Å². The summed E-state index contributed by atoms with van der Waals surface area (Å²) < 4.78 is 5.57. The second kappa shape index (κ2) is 11.2. The average Bonchev–Trinajstić information content (AvgIpc) is 2.56. The number of hydrogen-bond acceptors (Lipinski definition) is 4. The molecule has 8 heteroatoms. The molecule has 1 aromatic carbocycles. The van der Waals surface area contributed by atoms with Crippen molar-refractivity contribution in [3.8, 4) is 0 Å². The molecule has 25 heavy (non-hydrogen) atoms. The molecule has 1 atom stereocenters. The number of rotatable bonds is 6. The van der Waals surface area contributed by atoms with E-state index in [0.29, 0.717) is 24.4 Å². The van der Waals surface area contributed by atoms with Crippen molar-refractivity contribution in [2.24, 2.45) is 0 Å². The standard InChI is InChI=1S/C17H26ClN3O2.2ClH/c1-21(2)15(13-6-4-5-7-14(13)18)12-20-16(22)17(23-3)8-10-19-11-9-17;;/h4-7,15,19H,8-12H2,1-3H3,(H,20,22);2*1H. The molecule has 1 aliphatic rings. The molecular formula is C17H28Cl3N3O2. The maximum absolute atomic E-state index is 12.7. The maximum atomic E-state index is 12.7. The lowest BCUT2D eigenvalue weighted by Crippen LogP contribution is -2.55. The van der Waals surface area contributed by atoms with Gasteiger partial charge in [-0.05, 0) is 51.7 Å². The minimum absolute atomic E-state index is 0. The van der Waals surface area contributed by atoms with E-state index in [4.69, 9.17) is 16.3 Å². The minimum Gasteiger partial charge on any atom is -0.368 e. The molecule has 0 aromatic heterocycles. The molecule has 0 saturated carbocycles. The highest BCUT2D eigenvalue weighted by atomic mass is 35.5. The molecule has 0 spiro atoms. The first-order chi connectivity index (χ1) is 11.0. The van der Waals surface area contributed by atoms with E-state index in [1.165, 1.54) is 0 Å². The monoisotopic (exact) mass is 411 g/mol. The summed E-state index contributed by atoms with van der Waals surface area (Å²) in [6, 6.07) is 7.76. The molecule has 1 aliphatic heterocycles. The zero-order chi connectivity index (χ0) is 16.9. The first kappa shape index (κ1) is 24.4. The number of nitrogens with zero attached hydrogens (tertiary/aromatic N) is 1. The second-order valence-electron chi connectivity index (χ2n) is 6.16. The van der Waals surface area contributed by atoms with Crippen LogP contribution in [0, 0.1) is 0 Å². The summed E-state index contributed by atoms with van der Waals surface area (Å²) in [5.74, 6) is -0.0413. The van der Waals surface area contributed by atoms with Crippen LogP contribution in [-0.4, -0.2) is 57.2 Å². The Kier molecular flexibility index (Phi) is 11.0. The smallest absolute Gasteiger partial charge is 0.252 e. The van der Waals surface area contributed by atoms with E-state index in [1.54, 1.807) is 7.11 Å². The fourth-order valence-electron chi connectivity index (χ4n) is 3.02. The molecule has 0 bridgehead atoms. The van der Waals surface area contributed by atoms with Gasteiger partial charge in [-0.2, -0.15) is 0 Å². The fourth-order valence-corrected chi connectivity index (χ4v) is 3.28. The molecular weight excluding hydrogens is 385 g/mol. The van der Waals surface area contributed by atoms with Gasteiger partial charge < -0.3 is 20.3 Å². The molecule has 5 nitrogen and oxygen atoms in total. The van der Waals surface area contributed by atoms with Gasteiger partial charge in [-0.25, -0.2) is 0 Å². The van der Waals surface area contributed by atoms with Crippen molar-refractivity contribution in [2.75, 3.05) is 40.8 Å². The molecule has 0 aliphatic carbocycles. The number of methoxy groups -OCH3 is 1. The van der Waals surface area contributed by atoms with Gasteiger partial charge in [0, 0.05) is 18.7 Å². The van der Waals surface area contributed by atoms with Crippen LogP contribution in [0.5, 0.6) is 0 Å². The van der Waals surface area contributed by atoms with E-state index in [-0.39, 0.29) is 36.8 Å². The number of ether oxygens (including phenoxy) is 1. The van der Waals surface area contributed by atoms with Gasteiger partial charge in [-0.3, -0.25) is 4.79 Å². The Morgan fingerprint density at radius 1 is 1.32 bits per heavy atom. The van der Waals surface area contributed by atoms with Gasteiger partial charge in [0.05, 0.1) is 6.04 Å². The highest BCUT2D eigenvalue weighted by molar-refractivity contribution is 6.31. The first-order valence-electron chi connectivity index (χ1n) is 7.95. The molecule has 1 saturated heterocycles.